The molecule has 3 aromatic rings. The zero-order valence-electron chi connectivity index (χ0n) is 16.5. The van der Waals surface area contributed by atoms with Crippen molar-refractivity contribution < 1.29 is 9.66 Å². The van der Waals surface area contributed by atoms with Crippen LogP contribution in [-0.4, -0.2) is 11.5 Å². The second-order valence-electron chi connectivity index (χ2n) is 6.76. The molecule has 0 amide bonds. The largest absolute Gasteiger partial charge is 0.490 e. The number of rotatable bonds is 9. The predicted octanol–water partition coefficient (Wildman–Crippen LogP) is 5.67. The van der Waals surface area contributed by atoms with E-state index in [9.17, 15) is 10.1 Å². The van der Waals surface area contributed by atoms with Crippen molar-refractivity contribution >= 4 is 11.4 Å². The van der Waals surface area contributed by atoms with Crippen molar-refractivity contribution in [2.24, 2.45) is 0 Å². The molecule has 5 heteroatoms. The first-order valence-corrected chi connectivity index (χ1v) is 9.44. The fraction of sp³-hybridized carbons (Fsp3) is 0.167. The predicted molar refractivity (Wildman–Crippen MR) is 116 cm³/mol. The first-order chi connectivity index (χ1) is 14.1. The van der Waals surface area contributed by atoms with Crippen molar-refractivity contribution in [1.29, 1.82) is 0 Å². The Balaban J connectivity index is 1.90. The first kappa shape index (κ1) is 20.1. The lowest BCUT2D eigenvalue weighted by Gasteiger charge is -2.27. The molecule has 0 heterocycles. The second-order valence-corrected chi connectivity index (χ2v) is 6.76. The number of hydrogen-bond donors (Lipinski definition) is 0. The van der Waals surface area contributed by atoms with Gasteiger partial charge in [0.2, 0.25) is 0 Å². The van der Waals surface area contributed by atoms with E-state index in [2.05, 4.69) is 23.6 Å². The van der Waals surface area contributed by atoms with E-state index in [1.165, 1.54) is 0 Å². The Bertz CT molecular complexity index is 969. The fourth-order valence-corrected chi connectivity index (χ4v) is 3.25. The van der Waals surface area contributed by atoms with Gasteiger partial charge < -0.3 is 9.64 Å². The minimum atomic E-state index is -0.328. The molecule has 0 fully saturated rings. The van der Waals surface area contributed by atoms with Gasteiger partial charge in [0.1, 0.15) is 12.4 Å². The summed E-state index contributed by atoms with van der Waals surface area (Å²) in [7, 11) is 0. The summed E-state index contributed by atoms with van der Waals surface area (Å²) in [5, 5.41) is 11.4. The molecule has 148 valence electrons. The van der Waals surface area contributed by atoms with E-state index in [1.54, 1.807) is 25.1 Å². The van der Waals surface area contributed by atoms with Crippen molar-refractivity contribution in [2.75, 3.05) is 11.5 Å². The molecule has 0 saturated carbocycles. The van der Waals surface area contributed by atoms with Crippen LogP contribution in [0.1, 0.15) is 16.7 Å². The van der Waals surface area contributed by atoms with Gasteiger partial charge in [0.25, 0.3) is 5.69 Å². The molecular weight excluding hydrogens is 364 g/mol. The highest BCUT2D eigenvalue weighted by molar-refractivity contribution is 5.61. The maximum Gasteiger partial charge on any atom is 0.274 e. The average molecular weight is 388 g/mol. The lowest BCUT2D eigenvalue weighted by molar-refractivity contribution is -0.385. The second kappa shape index (κ2) is 9.55. The summed E-state index contributed by atoms with van der Waals surface area (Å²) in [5.41, 5.74) is 3.89. The quantitative estimate of drug-likeness (QED) is 0.269. The van der Waals surface area contributed by atoms with Crippen molar-refractivity contribution in [3.8, 4) is 5.75 Å². The van der Waals surface area contributed by atoms with E-state index >= 15 is 0 Å². The van der Waals surface area contributed by atoms with Crippen LogP contribution in [0.15, 0.2) is 85.5 Å². The molecule has 0 aliphatic rings. The molecular formula is C24H24N2O3. The third kappa shape index (κ3) is 5.23. The summed E-state index contributed by atoms with van der Waals surface area (Å²) in [6.07, 6.45) is 1.71. The number of nitro benzene ring substituents is 1. The molecule has 0 N–H and O–H groups in total. The van der Waals surface area contributed by atoms with Crippen LogP contribution in [0.2, 0.25) is 0 Å². The normalized spacial score (nSPS) is 10.4. The van der Waals surface area contributed by atoms with Gasteiger partial charge in [-0.1, -0.05) is 61.2 Å². The molecule has 0 radical (unpaired) electrons. The van der Waals surface area contributed by atoms with Gasteiger partial charge in [0.05, 0.1) is 10.5 Å². The molecule has 0 aromatic heterocycles. The third-order valence-corrected chi connectivity index (χ3v) is 4.69. The highest BCUT2D eigenvalue weighted by Crippen LogP contribution is 2.30. The number of anilines is 1. The molecule has 0 atom stereocenters. The Morgan fingerprint density at radius 1 is 0.966 bits per heavy atom. The minimum Gasteiger partial charge on any atom is -0.490 e. The smallest absolute Gasteiger partial charge is 0.274 e. The molecule has 0 aliphatic heterocycles. The van der Waals surface area contributed by atoms with E-state index in [-0.39, 0.29) is 10.6 Å². The zero-order chi connectivity index (χ0) is 20.6. The van der Waals surface area contributed by atoms with E-state index in [0.29, 0.717) is 25.3 Å². The van der Waals surface area contributed by atoms with Gasteiger partial charge in [-0.3, -0.25) is 10.1 Å². The molecule has 0 unspecified atom stereocenters. The fourth-order valence-electron chi connectivity index (χ4n) is 3.25. The highest BCUT2D eigenvalue weighted by atomic mass is 16.6. The van der Waals surface area contributed by atoms with Gasteiger partial charge in [0, 0.05) is 24.8 Å². The van der Waals surface area contributed by atoms with Crippen molar-refractivity contribution in [1.82, 2.24) is 0 Å². The molecule has 3 rings (SSSR count). The lowest BCUT2D eigenvalue weighted by Crippen LogP contribution is -2.23. The number of ether oxygens (including phenoxy) is 1. The Kier molecular flexibility index (Phi) is 6.63. The van der Waals surface area contributed by atoms with Gasteiger partial charge in [-0.25, -0.2) is 0 Å². The number of nitrogens with zero attached hydrogens (tertiary/aromatic N) is 2. The van der Waals surface area contributed by atoms with Crippen LogP contribution in [0.5, 0.6) is 5.75 Å². The Labute approximate surface area is 171 Å². The summed E-state index contributed by atoms with van der Waals surface area (Å²) < 4.78 is 5.55. The van der Waals surface area contributed by atoms with Crippen molar-refractivity contribution in [3.63, 3.8) is 0 Å². The number of nitro groups is 1. The van der Waals surface area contributed by atoms with Crippen LogP contribution < -0.4 is 9.64 Å². The molecule has 0 bridgehead atoms. The van der Waals surface area contributed by atoms with E-state index < -0.39 is 0 Å². The van der Waals surface area contributed by atoms with Gasteiger partial charge in [-0.2, -0.15) is 0 Å². The molecule has 5 nitrogen and oxygen atoms in total. The van der Waals surface area contributed by atoms with Crippen LogP contribution >= 0.6 is 0 Å². The summed E-state index contributed by atoms with van der Waals surface area (Å²) in [6, 6.07) is 23.2. The lowest BCUT2D eigenvalue weighted by atomic mass is 10.1. The maximum atomic E-state index is 11.4. The summed E-state index contributed by atoms with van der Waals surface area (Å²) in [6.45, 7) is 7.20. The van der Waals surface area contributed by atoms with Gasteiger partial charge >= 0.3 is 0 Å². The Hall–Kier alpha value is -3.60. The molecule has 29 heavy (non-hydrogen) atoms. The van der Waals surface area contributed by atoms with Gasteiger partial charge in [-0.05, 0) is 36.2 Å². The van der Waals surface area contributed by atoms with Crippen LogP contribution in [0.3, 0.4) is 0 Å². The van der Waals surface area contributed by atoms with Crippen LogP contribution in [0.25, 0.3) is 0 Å². The van der Waals surface area contributed by atoms with Gasteiger partial charge in [0.15, 0.2) is 0 Å². The minimum absolute atomic E-state index is 0.133. The zero-order valence-corrected chi connectivity index (χ0v) is 16.5. The molecule has 0 spiro atoms. The summed E-state index contributed by atoms with van der Waals surface area (Å²) in [4.78, 5) is 13.2. The SMILES string of the molecule is C=CCOc1ccc(CN(Cc2ccccc2)c2cccc([N+](=O)[O-])c2C)cc1. The number of benzene rings is 3. The molecule has 0 saturated heterocycles. The summed E-state index contributed by atoms with van der Waals surface area (Å²) >= 11 is 0. The highest BCUT2D eigenvalue weighted by Gasteiger charge is 2.18. The monoisotopic (exact) mass is 388 g/mol. The van der Waals surface area contributed by atoms with E-state index in [1.807, 2.05) is 48.5 Å². The summed E-state index contributed by atoms with van der Waals surface area (Å²) in [5.74, 6) is 0.787. The standard InChI is InChI=1S/C24H24N2O3/c1-3-16-29-22-14-12-21(13-15-22)18-25(17-20-8-5-4-6-9-20)23-10-7-11-24(19(23)2)26(27)28/h3-15H,1,16-18H2,2H3. The van der Waals surface area contributed by atoms with E-state index in [4.69, 9.17) is 4.74 Å². The maximum absolute atomic E-state index is 11.4. The van der Waals surface area contributed by atoms with E-state index in [0.717, 1.165) is 22.6 Å². The van der Waals surface area contributed by atoms with Crippen molar-refractivity contribution in [2.45, 2.75) is 20.0 Å². The van der Waals surface area contributed by atoms with Gasteiger partial charge in [-0.15, -0.1) is 0 Å². The molecule has 0 aliphatic carbocycles. The molecule has 3 aromatic carbocycles. The first-order valence-electron chi connectivity index (χ1n) is 9.44. The van der Waals surface area contributed by atoms with Crippen molar-refractivity contribution in [3.05, 3.63) is 112 Å². The van der Waals surface area contributed by atoms with Crippen LogP contribution in [0, 0.1) is 17.0 Å². The Morgan fingerprint density at radius 3 is 2.24 bits per heavy atom. The topological polar surface area (TPSA) is 55.6 Å². The number of hydrogen-bond acceptors (Lipinski definition) is 4. The van der Waals surface area contributed by atoms with Crippen LogP contribution in [0.4, 0.5) is 11.4 Å². The Morgan fingerprint density at radius 2 is 1.62 bits per heavy atom. The van der Waals surface area contributed by atoms with Crippen LogP contribution in [-0.2, 0) is 13.1 Å². The average Bonchev–Trinajstić information content (AvgIpc) is 2.73. The third-order valence-electron chi connectivity index (χ3n) is 4.69.